The zero-order chi connectivity index (χ0) is 47.3. The Labute approximate surface area is 369 Å². The first-order valence-electron chi connectivity index (χ1n) is 18.8. The van der Waals surface area contributed by atoms with Crippen LogP contribution < -0.4 is 62.9 Å². The minimum atomic E-state index is -0.583. The predicted molar refractivity (Wildman–Crippen MR) is 248 cm³/mol. The summed E-state index contributed by atoms with van der Waals surface area (Å²) in [6.07, 6.45) is 1.44. The van der Waals surface area contributed by atoms with Crippen LogP contribution in [0.1, 0.15) is 66.3 Å². The van der Waals surface area contributed by atoms with E-state index in [2.05, 4.69) is 69.4 Å². The zero-order valence-electron chi connectivity index (χ0n) is 37.1. The van der Waals surface area contributed by atoms with Crippen LogP contribution in [-0.4, -0.2) is 142 Å². The van der Waals surface area contributed by atoms with E-state index in [0.29, 0.717) is 59.5 Å². The van der Waals surface area contributed by atoms with E-state index in [1.807, 2.05) is 20.9 Å². The fourth-order valence-corrected chi connectivity index (χ4v) is 5.05. The molecule has 5 amide bonds. The predicted octanol–water partition coefficient (Wildman–Crippen LogP) is 0.259. The van der Waals surface area contributed by atoms with Crippen LogP contribution in [0.4, 0.5) is 0 Å². The maximum absolute atomic E-state index is 11.1. The number of carbonyl (C=O) groups excluding carboxylic acids is 5. The summed E-state index contributed by atoms with van der Waals surface area (Å²) in [7, 11) is 12.6. The summed E-state index contributed by atoms with van der Waals surface area (Å²) < 4.78 is 28.3. The third kappa shape index (κ3) is 27.1. The number of thiophene rings is 1. The first-order chi connectivity index (χ1) is 29.0. The largest absolute Gasteiger partial charge is 0.486 e. The van der Waals surface area contributed by atoms with E-state index in [4.69, 9.17) is 18.9 Å². The van der Waals surface area contributed by atoms with Crippen molar-refractivity contribution < 1.29 is 42.9 Å². The molecule has 1 aliphatic rings. The molecule has 1 aromatic carbocycles. The maximum atomic E-state index is 11.1. The molecule has 0 unspecified atom stereocenters. The van der Waals surface area contributed by atoms with Crippen LogP contribution in [0.2, 0.25) is 0 Å². The summed E-state index contributed by atoms with van der Waals surface area (Å²) in [4.78, 5) is 76.3. The lowest BCUT2D eigenvalue weighted by atomic mass is 10.2. The third-order valence-corrected chi connectivity index (χ3v) is 8.72. The van der Waals surface area contributed by atoms with Crippen LogP contribution in [0.25, 0.3) is 0 Å². The first-order valence-corrected chi connectivity index (χ1v) is 21.3. The van der Waals surface area contributed by atoms with Crippen molar-refractivity contribution in [1.82, 2.24) is 42.5 Å². The SMILES string of the molecule is C=S1N=C(OCC)C(OCC)=N1.CCOc1c(OCC)c(=O)c1=O.CNC(=O)CC(=O)NC.CNC(=O)c1ccc(C(=O)NC)s1.CNC(=S)NC.CNCCCC(=O)NC. The molecule has 0 atom stereocenters. The lowest BCUT2D eigenvalue weighted by Crippen LogP contribution is -2.34. The molecule has 0 saturated carbocycles. The van der Waals surface area contributed by atoms with Crippen molar-refractivity contribution in [1.29, 1.82) is 0 Å². The normalized spacial score (nSPS) is 10.6. The van der Waals surface area contributed by atoms with Gasteiger partial charge in [-0.1, -0.05) is 0 Å². The summed E-state index contributed by atoms with van der Waals surface area (Å²) in [6, 6.07) is 3.27. The molecule has 21 nitrogen and oxygen atoms in total. The zero-order valence-corrected chi connectivity index (χ0v) is 39.6. The van der Waals surface area contributed by atoms with Gasteiger partial charge in [0.1, 0.15) is 6.42 Å². The topological polar surface area (TPSA) is 277 Å². The first kappa shape index (κ1) is 59.8. The maximum Gasteiger partial charge on any atom is 0.286 e. The highest BCUT2D eigenvalue weighted by Crippen LogP contribution is 2.22. The van der Waals surface area contributed by atoms with Crippen LogP contribution >= 0.6 is 34.4 Å². The molecule has 61 heavy (non-hydrogen) atoms. The molecule has 2 heterocycles. The van der Waals surface area contributed by atoms with Gasteiger partial charge < -0.3 is 61.5 Å². The number of rotatable bonds is 14. The summed E-state index contributed by atoms with van der Waals surface area (Å²) in [6.45, 7) is 10.1. The van der Waals surface area contributed by atoms with Crippen molar-refractivity contribution in [2.75, 3.05) is 89.4 Å². The minimum absolute atomic E-state index is 0.0735. The van der Waals surface area contributed by atoms with E-state index in [1.54, 1.807) is 61.2 Å². The quantitative estimate of drug-likeness (QED) is 0.0547. The van der Waals surface area contributed by atoms with Gasteiger partial charge in [0.15, 0.2) is 5.11 Å². The monoisotopic (exact) mass is 920 g/mol. The van der Waals surface area contributed by atoms with Gasteiger partial charge in [0.2, 0.25) is 29.2 Å². The fraction of sp³-hybridized carbons (Fsp3) is 0.541. The number of carbonyl (C=O) groups is 5. The Kier molecular flexibility index (Phi) is 36.8. The molecule has 3 rings (SSSR count). The van der Waals surface area contributed by atoms with Crippen molar-refractivity contribution >= 4 is 86.7 Å². The summed E-state index contributed by atoms with van der Waals surface area (Å²) in [5, 5.41) is 21.3. The van der Waals surface area contributed by atoms with Gasteiger partial charge in [-0.2, -0.15) is 8.80 Å². The Hall–Kier alpha value is -5.46. The number of ether oxygens (including phenoxy) is 4. The molecule has 346 valence electrons. The van der Waals surface area contributed by atoms with Crippen LogP contribution in [0, 0.1) is 0 Å². The highest BCUT2D eigenvalue weighted by Gasteiger charge is 2.23. The summed E-state index contributed by atoms with van der Waals surface area (Å²) >= 11 is 5.81. The molecular weight excluding hydrogens is 857 g/mol. The van der Waals surface area contributed by atoms with Crippen LogP contribution in [0.3, 0.4) is 0 Å². The number of nitrogens with one attached hydrogen (secondary N) is 8. The van der Waals surface area contributed by atoms with E-state index in [-0.39, 0.29) is 47.5 Å². The molecule has 0 saturated heterocycles. The second-order valence-corrected chi connectivity index (χ2v) is 13.3. The number of hydrogen-bond donors (Lipinski definition) is 8. The Bertz CT molecular complexity index is 1690. The molecule has 0 spiro atoms. The molecule has 0 aliphatic carbocycles. The standard InChI is InChI=1S/C8H10N2O2S.C8H10O4.C7H12N2O2S.C6H14N2O.C5H10N2O2.C3H8N2S/c1-9-7(11)5-3-4-6(13-5)8(12)10-2;1-3-11-7-5(9)6(10)8(7)12-4-2;1-4-10-6-7(11-5-2)9-12(3)8-6;1-7-5-3-4-6(9)8-2;1-6-4(8)3-5(9)7-2;1-4-3(6)5-2/h3-4H,1-2H3,(H,9,11)(H,10,12);3-4H2,1-2H3;3-5H2,1-2H3;7H,3-5H2,1-2H3,(H,8,9);3H2,1-2H3,(H,6,8)(H,7,9);1-2H3,(H2,4,5,6). The van der Waals surface area contributed by atoms with Gasteiger partial charge in [0.05, 0.1) is 36.2 Å². The van der Waals surface area contributed by atoms with Crippen molar-refractivity contribution in [3.05, 3.63) is 42.3 Å². The van der Waals surface area contributed by atoms with Crippen molar-refractivity contribution in [3.63, 3.8) is 0 Å². The average molecular weight is 921 g/mol. The molecule has 1 aliphatic heterocycles. The van der Waals surface area contributed by atoms with Gasteiger partial charge in [0, 0.05) is 66.6 Å². The van der Waals surface area contributed by atoms with Gasteiger partial charge >= 0.3 is 0 Å². The molecule has 0 radical (unpaired) electrons. The van der Waals surface area contributed by atoms with Crippen molar-refractivity contribution in [2.45, 2.75) is 47.0 Å². The van der Waals surface area contributed by atoms with E-state index < -0.39 is 21.7 Å². The Morgan fingerprint density at radius 1 is 0.623 bits per heavy atom. The summed E-state index contributed by atoms with van der Waals surface area (Å²) in [5.74, 6) is 4.05. The molecule has 0 bridgehead atoms. The van der Waals surface area contributed by atoms with Crippen LogP contribution in [-0.2, 0) is 23.9 Å². The molecule has 2 aromatic rings. The Morgan fingerprint density at radius 3 is 1.28 bits per heavy atom. The van der Waals surface area contributed by atoms with Gasteiger partial charge in [0.25, 0.3) is 34.5 Å². The third-order valence-electron chi connectivity index (χ3n) is 6.47. The number of hydrogen-bond acceptors (Lipinski definition) is 16. The van der Waals surface area contributed by atoms with Crippen molar-refractivity contribution in [2.24, 2.45) is 8.80 Å². The minimum Gasteiger partial charge on any atom is -0.486 e. The number of thiocarbonyl (C=S) groups is 1. The van der Waals surface area contributed by atoms with Crippen LogP contribution in [0.15, 0.2) is 30.5 Å². The lowest BCUT2D eigenvalue weighted by molar-refractivity contribution is -0.128. The van der Waals surface area contributed by atoms with E-state index in [0.717, 1.165) is 13.0 Å². The second-order valence-electron chi connectivity index (χ2n) is 10.7. The number of nitrogens with zero attached hydrogens (tertiary/aromatic N) is 2. The summed E-state index contributed by atoms with van der Waals surface area (Å²) in [5.41, 5.74) is -1.17. The van der Waals surface area contributed by atoms with Gasteiger partial charge in [-0.3, -0.25) is 33.6 Å². The smallest absolute Gasteiger partial charge is 0.286 e. The van der Waals surface area contributed by atoms with Crippen molar-refractivity contribution in [3.8, 4) is 11.5 Å². The molecule has 1 aromatic heterocycles. The van der Waals surface area contributed by atoms with E-state index in [9.17, 15) is 33.6 Å². The Balaban J connectivity index is -0.000000672. The molecule has 24 heteroatoms. The van der Waals surface area contributed by atoms with E-state index in [1.165, 1.54) is 25.4 Å². The van der Waals surface area contributed by atoms with Crippen LogP contribution in [0.5, 0.6) is 11.5 Å². The highest BCUT2D eigenvalue weighted by molar-refractivity contribution is 8.12. The van der Waals surface area contributed by atoms with E-state index >= 15 is 0 Å². The lowest BCUT2D eigenvalue weighted by Gasteiger charge is -2.10. The van der Waals surface area contributed by atoms with Gasteiger partial charge in [-0.25, -0.2) is 0 Å². The highest BCUT2D eigenvalue weighted by atomic mass is 32.2. The Morgan fingerprint density at radius 2 is 1.00 bits per heavy atom. The molecular formula is C37H64N10O11S3. The van der Waals surface area contributed by atoms with Gasteiger partial charge in [-0.15, -0.1) is 11.3 Å². The number of amides is 5. The average Bonchev–Trinajstić information content (AvgIpc) is 3.91. The van der Waals surface area contributed by atoms with Gasteiger partial charge in [-0.05, 0) is 77.9 Å². The molecule has 0 fully saturated rings. The molecule has 8 N–H and O–H groups in total. The fourth-order valence-electron chi connectivity index (χ4n) is 3.47. The second kappa shape index (κ2) is 37.5.